The Hall–Kier alpha value is -1.40. The number of hydrogen-bond donors (Lipinski definition) is 2. The highest BCUT2D eigenvalue weighted by atomic mass is 32.2. The molecule has 1 unspecified atom stereocenters. The molecule has 5 nitrogen and oxygen atoms in total. The molecule has 1 atom stereocenters. The van der Waals surface area contributed by atoms with Crippen molar-refractivity contribution in [3.05, 3.63) is 29.8 Å². The molecule has 17 heavy (non-hydrogen) atoms. The molecular formula is C11H15NO4S. The van der Waals surface area contributed by atoms with E-state index in [1.54, 1.807) is 19.1 Å². The van der Waals surface area contributed by atoms with Crippen LogP contribution in [0.3, 0.4) is 0 Å². The van der Waals surface area contributed by atoms with Gasteiger partial charge in [0, 0.05) is 0 Å². The van der Waals surface area contributed by atoms with E-state index < -0.39 is 21.9 Å². The van der Waals surface area contributed by atoms with Gasteiger partial charge in [-0.05, 0) is 25.1 Å². The first kappa shape index (κ1) is 13.7. The van der Waals surface area contributed by atoms with Crippen molar-refractivity contribution in [3.8, 4) is 0 Å². The van der Waals surface area contributed by atoms with E-state index in [0.717, 1.165) is 0 Å². The van der Waals surface area contributed by atoms with Crippen molar-refractivity contribution < 1.29 is 18.3 Å². The number of nitrogens with one attached hydrogen (secondary N) is 1. The maximum absolute atomic E-state index is 11.8. The Morgan fingerprint density at radius 3 is 2.47 bits per heavy atom. The molecule has 1 aromatic carbocycles. The van der Waals surface area contributed by atoms with Crippen molar-refractivity contribution in [2.24, 2.45) is 0 Å². The highest BCUT2D eigenvalue weighted by Gasteiger charge is 2.25. The first-order valence-electron chi connectivity index (χ1n) is 5.19. The summed E-state index contributed by atoms with van der Waals surface area (Å²) in [6, 6.07) is 6.15. The average molecular weight is 257 g/mol. The van der Waals surface area contributed by atoms with Crippen molar-refractivity contribution >= 4 is 16.0 Å². The summed E-state index contributed by atoms with van der Waals surface area (Å²) in [7, 11) is -2.33. The van der Waals surface area contributed by atoms with Crippen molar-refractivity contribution in [2.75, 3.05) is 7.05 Å². The number of hydrogen-bond acceptors (Lipinski definition) is 3. The molecule has 0 saturated heterocycles. The van der Waals surface area contributed by atoms with Gasteiger partial charge in [0.05, 0.1) is 10.8 Å². The van der Waals surface area contributed by atoms with Gasteiger partial charge in [-0.1, -0.05) is 25.1 Å². The van der Waals surface area contributed by atoms with Crippen LogP contribution in [0.4, 0.5) is 0 Å². The van der Waals surface area contributed by atoms with Crippen molar-refractivity contribution in [2.45, 2.75) is 24.2 Å². The molecule has 0 aliphatic rings. The number of aliphatic carboxylic acids is 1. The predicted octanol–water partition coefficient (Wildman–Crippen LogP) is 1.17. The molecule has 0 aliphatic carbocycles. The first-order chi connectivity index (χ1) is 7.94. The molecule has 2 N–H and O–H groups in total. The summed E-state index contributed by atoms with van der Waals surface area (Å²) in [6.45, 7) is 1.71. The van der Waals surface area contributed by atoms with Gasteiger partial charge in [-0.25, -0.2) is 13.1 Å². The van der Waals surface area contributed by atoms with Crippen molar-refractivity contribution in [1.82, 2.24) is 4.72 Å². The van der Waals surface area contributed by atoms with Crippen LogP contribution in [0.1, 0.15) is 24.8 Å². The van der Waals surface area contributed by atoms with Crippen LogP contribution in [0.25, 0.3) is 0 Å². The Kier molecular flexibility index (Phi) is 4.25. The Morgan fingerprint density at radius 2 is 2.00 bits per heavy atom. The van der Waals surface area contributed by atoms with Crippen LogP contribution in [0, 0.1) is 0 Å². The Balaban J connectivity index is 3.40. The van der Waals surface area contributed by atoms with Crippen LogP contribution in [-0.4, -0.2) is 26.5 Å². The molecule has 0 aliphatic heterocycles. The second-order valence-corrected chi connectivity index (χ2v) is 5.40. The molecule has 94 valence electrons. The van der Waals surface area contributed by atoms with Crippen LogP contribution in [0.2, 0.25) is 0 Å². The van der Waals surface area contributed by atoms with Gasteiger partial charge >= 0.3 is 5.97 Å². The summed E-state index contributed by atoms with van der Waals surface area (Å²) in [5.74, 6) is -1.83. The van der Waals surface area contributed by atoms with Crippen LogP contribution in [0.5, 0.6) is 0 Å². The van der Waals surface area contributed by atoms with Crippen LogP contribution in [0.15, 0.2) is 29.2 Å². The third kappa shape index (κ3) is 2.83. The quantitative estimate of drug-likeness (QED) is 0.829. The number of carbonyl (C=O) groups is 1. The largest absolute Gasteiger partial charge is 0.481 e. The van der Waals surface area contributed by atoms with Gasteiger partial charge in [0.15, 0.2) is 0 Å². The molecule has 0 aromatic heterocycles. The molecule has 1 rings (SSSR count). The topological polar surface area (TPSA) is 83.5 Å². The minimum Gasteiger partial charge on any atom is -0.481 e. The summed E-state index contributed by atoms with van der Waals surface area (Å²) in [5.41, 5.74) is 0.317. The number of carboxylic acid groups (broad SMARTS) is 1. The van der Waals surface area contributed by atoms with E-state index in [1.165, 1.54) is 19.2 Å². The standard InChI is InChI=1S/C11H15NO4S/c1-3-8(11(13)14)9-6-4-5-7-10(9)17(15,16)12-2/h4-8,12H,3H2,1-2H3,(H,13,14). The van der Waals surface area contributed by atoms with E-state index in [4.69, 9.17) is 5.11 Å². The number of benzene rings is 1. The molecule has 0 heterocycles. The Morgan fingerprint density at radius 1 is 1.41 bits per heavy atom. The smallest absolute Gasteiger partial charge is 0.311 e. The lowest BCUT2D eigenvalue weighted by Gasteiger charge is -2.14. The second-order valence-electron chi connectivity index (χ2n) is 3.54. The van der Waals surface area contributed by atoms with Gasteiger partial charge < -0.3 is 5.11 Å². The summed E-state index contributed by atoms with van der Waals surface area (Å²) in [6.07, 6.45) is 0.339. The minimum atomic E-state index is -3.63. The zero-order valence-electron chi connectivity index (χ0n) is 9.67. The van der Waals surface area contributed by atoms with Crippen molar-refractivity contribution in [1.29, 1.82) is 0 Å². The monoisotopic (exact) mass is 257 g/mol. The molecule has 0 bridgehead atoms. The van der Waals surface area contributed by atoms with Gasteiger partial charge in [-0.2, -0.15) is 0 Å². The molecule has 0 amide bonds. The lowest BCUT2D eigenvalue weighted by molar-refractivity contribution is -0.138. The fraction of sp³-hybridized carbons (Fsp3) is 0.364. The minimum absolute atomic E-state index is 0.0248. The molecular weight excluding hydrogens is 242 g/mol. The summed E-state index contributed by atoms with van der Waals surface area (Å²) in [4.78, 5) is 11.1. The SMILES string of the molecule is CCC(C(=O)O)c1ccccc1S(=O)(=O)NC. The normalized spacial score (nSPS) is 13.3. The van der Waals surface area contributed by atoms with Gasteiger partial charge in [-0.15, -0.1) is 0 Å². The number of carboxylic acids is 1. The maximum Gasteiger partial charge on any atom is 0.311 e. The molecule has 0 fully saturated rings. The first-order valence-corrected chi connectivity index (χ1v) is 6.67. The Labute approximate surface area is 101 Å². The van der Waals surface area contributed by atoms with E-state index in [2.05, 4.69) is 4.72 Å². The van der Waals surface area contributed by atoms with E-state index in [9.17, 15) is 13.2 Å². The zero-order valence-corrected chi connectivity index (χ0v) is 10.5. The molecule has 0 saturated carbocycles. The van der Waals surface area contributed by atoms with Gasteiger partial charge in [-0.3, -0.25) is 4.79 Å². The third-order valence-electron chi connectivity index (χ3n) is 2.56. The number of sulfonamides is 1. The predicted molar refractivity (Wildman–Crippen MR) is 63.4 cm³/mol. The van der Waals surface area contributed by atoms with Crippen LogP contribution >= 0.6 is 0 Å². The van der Waals surface area contributed by atoms with Crippen LogP contribution < -0.4 is 4.72 Å². The van der Waals surface area contributed by atoms with E-state index in [1.807, 2.05) is 0 Å². The average Bonchev–Trinajstić information content (AvgIpc) is 2.30. The maximum atomic E-state index is 11.8. The molecule has 0 spiro atoms. The lowest BCUT2D eigenvalue weighted by atomic mass is 9.97. The number of rotatable bonds is 5. The summed E-state index contributed by atoms with van der Waals surface area (Å²) in [5, 5.41) is 9.07. The van der Waals surface area contributed by atoms with Gasteiger partial charge in [0.1, 0.15) is 0 Å². The lowest BCUT2D eigenvalue weighted by Crippen LogP contribution is -2.22. The van der Waals surface area contributed by atoms with E-state index >= 15 is 0 Å². The summed E-state index contributed by atoms with van der Waals surface area (Å²) < 4.78 is 25.7. The van der Waals surface area contributed by atoms with Gasteiger partial charge in [0.2, 0.25) is 10.0 Å². The third-order valence-corrected chi connectivity index (χ3v) is 4.05. The fourth-order valence-electron chi connectivity index (χ4n) is 1.65. The Bertz CT molecular complexity index is 510. The van der Waals surface area contributed by atoms with Crippen molar-refractivity contribution in [3.63, 3.8) is 0 Å². The van der Waals surface area contributed by atoms with E-state index in [0.29, 0.717) is 12.0 Å². The second kappa shape index (κ2) is 5.29. The molecule has 0 radical (unpaired) electrons. The molecule has 6 heteroatoms. The van der Waals surface area contributed by atoms with E-state index in [-0.39, 0.29) is 4.90 Å². The highest BCUT2D eigenvalue weighted by Crippen LogP contribution is 2.26. The van der Waals surface area contributed by atoms with Crippen LogP contribution in [-0.2, 0) is 14.8 Å². The fourth-order valence-corrected chi connectivity index (χ4v) is 2.65. The zero-order chi connectivity index (χ0) is 13.1. The molecule has 1 aromatic rings. The van der Waals surface area contributed by atoms with Gasteiger partial charge in [0.25, 0.3) is 0 Å². The summed E-state index contributed by atoms with van der Waals surface area (Å²) >= 11 is 0. The highest BCUT2D eigenvalue weighted by molar-refractivity contribution is 7.89.